The van der Waals surface area contributed by atoms with Gasteiger partial charge in [0.2, 0.25) is 5.91 Å². The predicted molar refractivity (Wildman–Crippen MR) is 122 cm³/mol. The number of amides is 1. The summed E-state index contributed by atoms with van der Waals surface area (Å²) in [5.74, 6) is 1.37. The van der Waals surface area contributed by atoms with Crippen LogP contribution in [0.25, 0.3) is 5.82 Å². The molecule has 1 amide bonds. The lowest BCUT2D eigenvalue weighted by Crippen LogP contribution is -2.54. The minimum absolute atomic E-state index is 0.00918. The van der Waals surface area contributed by atoms with E-state index in [4.69, 9.17) is 0 Å². The molecule has 1 fully saturated rings. The first-order chi connectivity index (χ1) is 16.0. The summed E-state index contributed by atoms with van der Waals surface area (Å²) in [4.78, 5) is 35.6. The molecular weight excluding hydrogens is 420 g/mol. The maximum Gasteiger partial charge on any atom is 0.267 e. The zero-order valence-corrected chi connectivity index (χ0v) is 19.0. The standard InChI is InChI=1S/C23H28N8O2/c1-15-9-16(2)31(27-15)21-11-20(25-14-26-21)29-12-18(13-29)23(33)24-7-8-30-22(32)10-17-5-3-4-6-19(17)28-30/h9-11,14,18H,3-8,12-13H2,1-2H3,(H,24,33). The number of aromatic nitrogens is 6. The highest BCUT2D eigenvalue weighted by molar-refractivity contribution is 5.81. The Morgan fingerprint density at radius 2 is 1.85 bits per heavy atom. The molecule has 0 spiro atoms. The maximum atomic E-state index is 12.6. The molecule has 0 atom stereocenters. The summed E-state index contributed by atoms with van der Waals surface area (Å²) in [6.45, 7) is 5.89. The van der Waals surface area contributed by atoms with Gasteiger partial charge in [-0.05, 0) is 51.2 Å². The summed E-state index contributed by atoms with van der Waals surface area (Å²) in [7, 11) is 0. The van der Waals surface area contributed by atoms with Crippen LogP contribution in [0.2, 0.25) is 0 Å². The first-order valence-electron chi connectivity index (χ1n) is 11.5. The number of nitrogens with zero attached hydrogens (tertiary/aromatic N) is 7. The van der Waals surface area contributed by atoms with Gasteiger partial charge in [-0.1, -0.05) is 0 Å². The highest BCUT2D eigenvalue weighted by Crippen LogP contribution is 2.24. The molecule has 172 valence electrons. The van der Waals surface area contributed by atoms with Crippen LogP contribution in [0.1, 0.15) is 35.5 Å². The highest BCUT2D eigenvalue weighted by atomic mass is 16.2. The van der Waals surface area contributed by atoms with E-state index in [1.54, 1.807) is 10.7 Å². The molecule has 33 heavy (non-hydrogen) atoms. The maximum absolute atomic E-state index is 12.6. The van der Waals surface area contributed by atoms with Crippen molar-refractivity contribution in [1.29, 1.82) is 0 Å². The van der Waals surface area contributed by atoms with E-state index in [-0.39, 0.29) is 17.4 Å². The van der Waals surface area contributed by atoms with Gasteiger partial charge in [-0.2, -0.15) is 10.2 Å². The fourth-order valence-electron chi connectivity index (χ4n) is 4.51. The van der Waals surface area contributed by atoms with E-state index in [1.807, 2.05) is 26.0 Å². The number of rotatable bonds is 6. The number of nitrogens with one attached hydrogen (secondary N) is 1. The Hall–Kier alpha value is -3.56. The third kappa shape index (κ3) is 4.37. The largest absolute Gasteiger partial charge is 0.355 e. The van der Waals surface area contributed by atoms with Crippen molar-refractivity contribution in [2.45, 2.75) is 46.1 Å². The van der Waals surface area contributed by atoms with Gasteiger partial charge in [-0.15, -0.1) is 0 Å². The molecule has 5 rings (SSSR count). The first kappa shape index (κ1) is 21.3. The molecule has 0 unspecified atom stereocenters. The quantitative estimate of drug-likeness (QED) is 0.598. The number of fused-ring (bicyclic) bond motifs is 1. The van der Waals surface area contributed by atoms with Crippen molar-refractivity contribution in [1.82, 2.24) is 34.8 Å². The summed E-state index contributed by atoms with van der Waals surface area (Å²) in [5.41, 5.74) is 3.94. The van der Waals surface area contributed by atoms with Gasteiger partial charge in [-0.3, -0.25) is 9.59 Å². The van der Waals surface area contributed by atoms with Crippen LogP contribution in [0, 0.1) is 19.8 Å². The van der Waals surface area contributed by atoms with Crippen molar-refractivity contribution in [2.24, 2.45) is 5.92 Å². The van der Waals surface area contributed by atoms with Crippen LogP contribution in [-0.2, 0) is 24.2 Å². The number of hydrogen-bond acceptors (Lipinski definition) is 7. The van der Waals surface area contributed by atoms with Crippen LogP contribution in [-0.4, -0.2) is 55.1 Å². The van der Waals surface area contributed by atoms with Crippen LogP contribution < -0.4 is 15.8 Å². The topological polar surface area (TPSA) is 111 Å². The van der Waals surface area contributed by atoms with E-state index in [1.165, 1.54) is 11.0 Å². The van der Waals surface area contributed by atoms with Gasteiger partial charge >= 0.3 is 0 Å². The summed E-state index contributed by atoms with van der Waals surface area (Å²) in [6.07, 6.45) is 5.61. The normalized spacial score (nSPS) is 15.8. The van der Waals surface area contributed by atoms with Crippen molar-refractivity contribution in [3.05, 3.63) is 57.5 Å². The smallest absolute Gasteiger partial charge is 0.267 e. The Balaban J connectivity index is 1.14. The average molecular weight is 449 g/mol. The Labute approximate surface area is 191 Å². The predicted octanol–water partition coefficient (Wildman–Crippen LogP) is 0.967. The van der Waals surface area contributed by atoms with Gasteiger partial charge in [0.25, 0.3) is 5.56 Å². The minimum atomic E-state index is -0.106. The summed E-state index contributed by atoms with van der Waals surface area (Å²) < 4.78 is 3.26. The van der Waals surface area contributed by atoms with E-state index < -0.39 is 0 Å². The van der Waals surface area contributed by atoms with Crippen molar-refractivity contribution < 1.29 is 4.79 Å². The molecule has 0 aromatic carbocycles. The van der Waals surface area contributed by atoms with Gasteiger partial charge in [0.15, 0.2) is 5.82 Å². The van der Waals surface area contributed by atoms with E-state index >= 15 is 0 Å². The number of carbonyl (C=O) groups is 1. The molecule has 10 nitrogen and oxygen atoms in total. The summed E-state index contributed by atoms with van der Waals surface area (Å²) >= 11 is 0. The lowest BCUT2D eigenvalue weighted by Gasteiger charge is -2.39. The van der Waals surface area contributed by atoms with Crippen LogP contribution >= 0.6 is 0 Å². The molecule has 1 aliphatic heterocycles. The fourth-order valence-corrected chi connectivity index (χ4v) is 4.51. The molecule has 2 aliphatic rings. The van der Waals surface area contributed by atoms with Gasteiger partial charge in [0, 0.05) is 37.5 Å². The first-order valence-corrected chi connectivity index (χ1v) is 11.5. The van der Waals surface area contributed by atoms with Crippen LogP contribution in [0.5, 0.6) is 0 Å². The van der Waals surface area contributed by atoms with Crippen LogP contribution in [0.4, 0.5) is 5.82 Å². The molecule has 1 N–H and O–H groups in total. The molecule has 10 heteroatoms. The van der Waals surface area contributed by atoms with Crippen molar-refractivity contribution in [2.75, 3.05) is 24.5 Å². The van der Waals surface area contributed by atoms with E-state index in [0.717, 1.165) is 54.1 Å². The second kappa shape index (κ2) is 8.76. The zero-order chi connectivity index (χ0) is 22.9. The number of hydrogen-bond donors (Lipinski definition) is 1. The molecule has 0 bridgehead atoms. The zero-order valence-electron chi connectivity index (χ0n) is 19.0. The third-order valence-corrected chi connectivity index (χ3v) is 6.34. The monoisotopic (exact) mass is 448 g/mol. The molecular formula is C23H28N8O2. The van der Waals surface area contributed by atoms with Gasteiger partial charge < -0.3 is 10.2 Å². The molecule has 0 radical (unpaired) electrons. The highest BCUT2D eigenvalue weighted by Gasteiger charge is 2.33. The summed E-state index contributed by atoms with van der Waals surface area (Å²) in [5, 5.41) is 11.9. The van der Waals surface area contributed by atoms with Gasteiger partial charge in [0.05, 0.1) is 23.9 Å². The molecule has 1 aliphatic carbocycles. The van der Waals surface area contributed by atoms with E-state index in [9.17, 15) is 9.59 Å². The minimum Gasteiger partial charge on any atom is -0.355 e. The number of aryl methyl sites for hydroxylation is 4. The van der Waals surface area contributed by atoms with Crippen molar-refractivity contribution >= 4 is 11.7 Å². The Bertz CT molecular complexity index is 1240. The lowest BCUT2D eigenvalue weighted by molar-refractivity contribution is -0.125. The van der Waals surface area contributed by atoms with Crippen LogP contribution in [0.15, 0.2) is 29.3 Å². The van der Waals surface area contributed by atoms with Gasteiger partial charge in [-0.25, -0.2) is 19.3 Å². The second-order valence-electron chi connectivity index (χ2n) is 8.85. The third-order valence-electron chi connectivity index (χ3n) is 6.34. The average Bonchev–Trinajstić information content (AvgIpc) is 3.11. The second-order valence-corrected chi connectivity index (χ2v) is 8.85. The Morgan fingerprint density at radius 1 is 1.06 bits per heavy atom. The Morgan fingerprint density at radius 3 is 2.64 bits per heavy atom. The summed E-state index contributed by atoms with van der Waals surface area (Å²) in [6, 6.07) is 5.59. The fraction of sp³-hybridized carbons (Fsp3) is 0.478. The molecule has 1 saturated heterocycles. The van der Waals surface area contributed by atoms with Gasteiger partial charge in [0.1, 0.15) is 12.1 Å². The molecule has 4 heterocycles. The molecule has 3 aromatic heterocycles. The SMILES string of the molecule is Cc1cc(C)n(-c2cc(N3CC(C(=O)NCCn4nc5c(cc4=O)CCCC5)C3)ncn2)n1. The van der Waals surface area contributed by atoms with Crippen molar-refractivity contribution in [3.63, 3.8) is 0 Å². The van der Waals surface area contributed by atoms with Crippen LogP contribution in [0.3, 0.4) is 0 Å². The lowest BCUT2D eigenvalue weighted by atomic mass is 9.97. The number of carbonyl (C=O) groups excluding carboxylic acids is 1. The Kier molecular flexibility index (Phi) is 5.65. The van der Waals surface area contributed by atoms with E-state index in [2.05, 4.69) is 30.4 Å². The van der Waals surface area contributed by atoms with Crippen molar-refractivity contribution in [3.8, 4) is 5.82 Å². The molecule has 3 aromatic rings. The molecule has 0 saturated carbocycles. The number of anilines is 1. The van der Waals surface area contributed by atoms with E-state index in [0.29, 0.717) is 32.0 Å².